The van der Waals surface area contributed by atoms with Crippen LogP contribution >= 0.6 is 0 Å². The van der Waals surface area contributed by atoms with Gasteiger partial charge in [-0.1, -0.05) is 17.3 Å². The van der Waals surface area contributed by atoms with Crippen LogP contribution in [-0.2, 0) is 22.7 Å². The molecule has 0 saturated carbocycles. The predicted octanol–water partition coefficient (Wildman–Crippen LogP) is 1.52. The Balaban J connectivity index is 1.83. The normalized spacial score (nSPS) is 10.6. The molecule has 0 fully saturated rings. The summed E-state index contributed by atoms with van der Waals surface area (Å²) in [5.74, 6) is -0.631. The molecule has 2 amide bonds. The molecule has 26 heavy (non-hydrogen) atoms. The number of aromatic nitrogens is 2. The van der Waals surface area contributed by atoms with Gasteiger partial charge >= 0.3 is 0 Å². The van der Waals surface area contributed by atoms with Gasteiger partial charge in [-0.05, 0) is 19.1 Å². The number of halogens is 1. The largest absolute Gasteiger partial charge is 0.377 e. The van der Waals surface area contributed by atoms with Crippen molar-refractivity contribution >= 4 is 11.8 Å². The minimum atomic E-state index is -0.602. The molecule has 1 heterocycles. The summed E-state index contributed by atoms with van der Waals surface area (Å²) in [4.78, 5) is 29.8. The van der Waals surface area contributed by atoms with Crippen molar-refractivity contribution in [1.29, 1.82) is 0 Å². The van der Waals surface area contributed by atoms with Crippen LogP contribution in [0, 0.1) is 5.82 Å². The van der Waals surface area contributed by atoms with E-state index in [1.165, 1.54) is 30.2 Å². The van der Waals surface area contributed by atoms with Gasteiger partial charge < -0.3 is 19.5 Å². The first-order chi connectivity index (χ1) is 12.5. The maximum absolute atomic E-state index is 13.5. The SMILES string of the molecule is CCN(Cc1nc(COC)no1)C(=O)CCNC(=O)c1ccccc1F. The maximum Gasteiger partial charge on any atom is 0.254 e. The molecule has 0 aliphatic rings. The van der Waals surface area contributed by atoms with Crippen LogP contribution in [-0.4, -0.2) is 47.1 Å². The Bertz CT molecular complexity index is 750. The van der Waals surface area contributed by atoms with E-state index < -0.39 is 11.7 Å². The number of benzene rings is 1. The highest BCUT2D eigenvalue weighted by atomic mass is 19.1. The van der Waals surface area contributed by atoms with Crippen molar-refractivity contribution in [2.45, 2.75) is 26.5 Å². The molecule has 0 spiro atoms. The first kappa shape index (κ1) is 19.5. The van der Waals surface area contributed by atoms with Gasteiger partial charge in [0.2, 0.25) is 11.8 Å². The topological polar surface area (TPSA) is 97.6 Å². The Hall–Kier alpha value is -2.81. The van der Waals surface area contributed by atoms with E-state index in [4.69, 9.17) is 9.26 Å². The van der Waals surface area contributed by atoms with E-state index in [0.29, 0.717) is 18.3 Å². The van der Waals surface area contributed by atoms with Gasteiger partial charge in [-0.2, -0.15) is 4.98 Å². The van der Waals surface area contributed by atoms with Gasteiger partial charge in [0.05, 0.1) is 12.1 Å². The second-order valence-corrected chi connectivity index (χ2v) is 5.43. The van der Waals surface area contributed by atoms with Gasteiger partial charge in [0.1, 0.15) is 12.4 Å². The molecule has 0 radical (unpaired) electrons. The number of methoxy groups -OCH3 is 1. The van der Waals surface area contributed by atoms with Crippen molar-refractivity contribution in [3.8, 4) is 0 Å². The van der Waals surface area contributed by atoms with Crippen molar-refractivity contribution in [3.63, 3.8) is 0 Å². The van der Waals surface area contributed by atoms with E-state index in [1.54, 1.807) is 6.07 Å². The fourth-order valence-corrected chi connectivity index (χ4v) is 2.26. The number of carbonyl (C=O) groups is 2. The summed E-state index contributed by atoms with van der Waals surface area (Å²) < 4.78 is 23.5. The molecule has 1 aromatic heterocycles. The van der Waals surface area contributed by atoms with E-state index in [2.05, 4.69) is 15.5 Å². The molecule has 0 atom stereocenters. The molecule has 0 unspecified atom stereocenters. The summed E-state index contributed by atoms with van der Waals surface area (Å²) in [5, 5.41) is 6.28. The van der Waals surface area contributed by atoms with Gasteiger partial charge in [-0.15, -0.1) is 0 Å². The van der Waals surface area contributed by atoms with Gasteiger partial charge in [0.25, 0.3) is 5.91 Å². The molecular weight excluding hydrogens is 343 g/mol. The fraction of sp³-hybridized carbons (Fsp3) is 0.412. The van der Waals surface area contributed by atoms with Crippen molar-refractivity contribution in [3.05, 3.63) is 47.4 Å². The van der Waals surface area contributed by atoms with Crippen LogP contribution in [0.2, 0.25) is 0 Å². The highest BCUT2D eigenvalue weighted by molar-refractivity contribution is 5.94. The Morgan fingerprint density at radius 2 is 2.12 bits per heavy atom. The zero-order valence-electron chi connectivity index (χ0n) is 14.7. The van der Waals surface area contributed by atoms with E-state index in [1.807, 2.05) is 6.92 Å². The van der Waals surface area contributed by atoms with Crippen LogP contribution in [0.25, 0.3) is 0 Å². The Labute approximate surface area is 150 Å². The van der Waals surface area contributed by atoms with E-state index in [0.717, 1.165) is 0 Å². The first-order valence-corrected chi connectivity index (χ1v) is 8.16. The number of rotatable bonds is 9. The van der Waals surface area contributed by atoms with Crippen molar-refractivity contribution in [1.82, 2.24) is 20.4 Å². The maximum atomic E-state index is 13.5. The number of hydrogen-bond acceptors (Lipinski definition) is 6. The zero-order chi connectivity index (χ0) is 18.9. The number of amides is 2. The first-order valence-electron chi connectivity index (χ1n) is 8.16. The summed E-state index contributed by atoms with van der Waals surface area (Å²) in [6, 6.07) is 5.67. The van der Waals surface area contributed by atoms with E-state index in [9.17, 15) is 14.0 Å². The predicted molar refractivity (Wildman–Crippen MR) is 89.5 cm³/mol. The smallest absolute Gasteiger partial charge is 0.254 e. The van der Waals surface area contributed by atoms with Crippen LogP contribution in [0.5, 0.6) is 0 Å². The third-order valence-corrected chi connectivity index (χ3v) is 3.59. The van der Waals surface area contributed by atoms with Crippen LogP contribution in [0.3, 0.4) is 0 Å². The highest BCUT2D eigenvalue weighted by Gasteiger charge is 2.17. The van der Waals surface area contributed by atoms with Crippen molar-refractivity contribution < 1.29 is 23.2 Å². The summed E-state index contributed by atoms with van der Waals surface area (Å²) in [7, 11) is 1.52. The number of nitrogens with one attached hydrogen (secondary N) is 1. The third-order valence-electron chi connectivity index (χ3n) is 3.59. The van der Waals surface area contributed by atoms with Gasteiger partial charge in [-0.25, -0.2) is 4.39 Å². The standard InChI is InChI=1S/C17H21FN4O4/c1-3-22(10-15-20-14(11-25-2)21-26-15)16(23)8-9-19-17(24)12-6-4-5-7-13(12)18/h4-7H,3,8-11H2,1-2H3,(H,19,24). The molecular formula is C17H21FN4O4. The molecule has 0 aliphatic heterocycles. The van der Waals surface area contributed by atoms with Gasteiger partial charge in [0.15, 0.2) is 5.82 Å². The Kier molecular flexibility index (Phi) is 7.22. The molecule has 2 aromatic rings. The van der Waals surface area contributed by atoms with Crippen molar-refractivity contribution in [2.75, 3.05) is 20.2 Å². The lowest BCUT2D eigenvalue weighted by atomic mass is 10.2. The van der Waals surface area contributed by atoms with Crippen LogP contribution in [0.15, 0.2) is 28.8 Å². The van der Waals surface area contributed by atoms with Crippen LogP contribution in [0.1, 0.15) is 35.4 Å². The molecule has 1 aromatic carbocycles. The molecule has 0 bridgehead atoms. The third kappa shape index (κ3) is 5.35. The van der Waals surface area contributed by atoms with E-state index in [-0.39, 0.29) is 37.6 Å². The lowest BCUT2D eigenvalue weighted by molar-refractivity contribution is -0.131. The molecule has 2 rings (SSSR count). The summed E-state index contributed by atoms with van der Waals surface area (Å²) >= 11 is 0. The molecule has 140 valence electrons. The summed E-state index contributed by atoms with van der Waals surface area (Å²) in [5.41, 5.74) is -0.0520. The van der Waals surface area contributed by atoms with Gasteiger partial charge in [-0.3, -0.25) is 9.59 Å². The monoisotopic (exact) mass is 364 g/mol. The lowest BCUT2D eigenvalue weighted by Gasteiger charge is -2.18. The molecule has 1 N–H and O–H groups in total. The quantitative estimate of drug-likeness (QED) is 0.725. The Morgan fingerprint density at radius 3 is 2.81 bits per heavy atom. The van der Waals surface area contributed by atoms with Gasteiger partial charge in [0, 0.05) is 26.6 Å². The highest BCUT2D eigenvalue weighted by Crippen LogP contribution is 2.07. The van der Waals surface area contributed by atoms with Crippen LogP contribution < -0.4 is 5.32 Å². The summed E-state index contributed by atoms with van der Waals surface area (Å²) in [6.45, 7) is 2.77. The summed E-state index contributed by atoms with van der Waals surface area (Å²) in [6.07, 6.45) is 0.0765. The average Bonchev–Trinajstić information content (AvgIpc) is 3.07. The van der Waals surface area contributed by atoms with E-state index >= 15 is 0 Å². The minimum Gasteiger partial charge on any atom is -0.377 e. The fourth-order valence-electron chi connectivity index (χ4n) is 2.26. The van der Waals surface area contributed by atoms with Crippen LogP contribution in [0.4, 0.5) is 4.39 Å². The molecule has 0 saturated heterocycles. The average molecular weight is 364 g/mol. The lowest BCUT2D eigenvalue weighted by Crippen LogP contribution is -2.34. The minimum absolute atomic E-state index is 0.0520. The number of nitrogens with zero attached hydrogens (tertiary/aromatic N) is 3. The second kappa shape index (κ2) is 9.62. The molecule has 8 nitrogen and oxygen atoms in total. The second-order valence-electron chi connectivity index (χ2n) is 5.43. The zero-order valence-corrected chi connectivity index (χ0v) is 14.7. The molecule has 0 aliphatic carbocycles. The number of hydrogen-bond donors (Lipinski definition) is 1. The molecule has 9 heteroatoms. The van der Waals surface area contributed by atoms with Crippen molar-refractivity contribution in [2.24, 2.45) is 0 Å². The Morgan fingerprint density at radius 1 is 1.35 bits per heavy atom. The number of carbonyl (C=O) groups excluding carboxylic acids is 2. The number of ether oxygens (including phenoxy) is 1.